The molecule has 2 aliphatic rings. The van der Waals surface area contributed by atoms with E-state index < -0.39 is 23.8 Å². The molecule has 4 aromatic rings. The number of imidazole rings is 1. The number of aromatic nitrogens is 3. The van der Waals surface area contributed by atoms with Gasteiger partial charge >= 0.3 is 5.97 Å². The third kappa shape index (κ3) is 6.75. The molecule has 1 unspecified atom stereocenters. The van der Waals surface area contributed by atoms with Gasteiger partial charge in [0.2, 0.25) is 0 Å². The fourth-order valence-corrected chi connectivity index (χ4v) is 5.42. The van der Waals surface area contributed by atoms with E-state index in [9.17, 15) is 23.1 Å². The number of aromatic carboxylic acids is 1. The summed E-state index contributed by atoms with van der Waals surface area (Å²) in [5.41, 5.74) is 1.79. The number of piperidine rings is 1. The smallest absolute Gasteiger partial charge is 0.335 e. The second-order valence-corrected chi connectivity index (χ2v) is 10.8. The second kappa shape index (κ2) is 12.6. The number of hydrogen-bond acceptors (Lipinski definition) is 7. The number of alkyl halides is 2. The van der Waals surface area contributed by atoms with E-state index in [0.29, 0.717) is 24.5 Å². The Bertz CT molecular complexity index is 1600. The fourth-order valence-electron chi connectivity index (χ4n) is 5.42. The quantitative estimate of drug-likeness (QED) is 0.238. The van der Waals surface area contributed by atoms with Gasteiger partial charge < -0.3 is 23.9 Å². The minimum Gasteiger partial charge on any atom is -0.490 e. The highest BCUT2D eigenvalue weighted by Gasteiger charge is 2.26. The SMILES string of the molecule is O=C(O)c1ccc2nc(CN3CCC(Oc4ccnc(COc5ccc(F)cc5C(F)F)c4)CC3)n(CC3CCO3)c2c1. The monoisotopic (exact) mass is 596 g/mol. The Morgan fingerprint density at radius 2 is 1.91 bits per heavy atom. The van der Waals surface area contributed by atoms with Crippen molar-refractivity contribution in [1.82, 2.24) is 19.4 Å². The summed E-state index contributed by atoms with van der Waals surface area (Å²) in [5, 5.41) is 9.48. The molecule has 1 N–H and O–H groups in total. The second-order valence-electron chi connectivity index (χ2n) is 10.8. The van der Waals surface area contributed by atoms with Crippen molar-refractivity contribution in [3.8, 4) is 11.5 Å². The Kier molecular flexibility index (Phi) is 8.48. The molecule has 2 fully saturated rings. The maximum atomic E-state index is 13.4. The molecule has 0 radical (unpaired) electrons. The van der Waals surface area contributed by atoms with Gasteiger partial charge in [-0.15, -0.1) is 0 Å². The van der Waals surface area contributed by atoms with Gasteiger partial charge in [-0.2, -0.15) is 0 Å². The first-order chi connectivity index (χ1) is 20.8. The highest BCUT2D eigenvalue weighted by Crippen LogP contribution is 2.31. The van der Waals surface area contributed by atoms with Gasteiger partial charge in [-0.1, -0.05) is 0 Å². The highest BCUT2D eigenvalue weighted by molar-refractivity contribution is 5.92. The lowest BCUT2D eigenvalue weighted by atomic mass is 10.1. The van der Waals surface area contributed by atoms with Crippen molar-refractivity contribution in [1.29, 1.82) is 0 Å². The van der Waals surface area contributed by atoms with Gasteiger partial charge in [0.1, 0.15) is 35.9 Å². The molecule has 2 aromatic heterocycles. The number of pyridine rings is 1. The number of fused-ring (bicyclic) bond motifs is 1. The summed E-state index contributed by atoms with van der Waals surface area (Å²) in [6.45, 7) is 3.50. The van der Waals surface area contributed by atoms with Crippen LogP contribution in [0.5, 0.6) is 11.5 Å². The van der Waals surface area contributed by atoms with E-state index >= 15 is 0 Å². The number of halogens is 3. The first-order valence-electron chi connectivity index (χ1n) is 14.2. The van der Waals surface area contributed by atoms with Crippen LogP contribution in [0.15, 0.2) is 54.7 Å². The molecule has 4 heterocycles. The summed E-state index contributed by atoms with van der Waals surface area (Å²) < 4.78 is 59.4. The lowest BCUT2D eigenvalue weighted by Gasteiger charge is -2.32. The summed E-state index contributed by atoms with van der Waals surface area (Å²) >= 11 is 0. The third-order valence-electron chi connectivity index (χ3n) is 7.83. The van der Waals surface area contributed by atoms with E-state index in [-0.39, 0.29) is 30.1 Å². The van der Waals surface area contributed by atoms with E-state index in [1.54, 1.807) is 36.5 Å². The van der Waals surface area contributed by atoms with Crippen molar-refractivity contribution in [3.05, 3.63) is 83.2 Å². The molecule has 226 valence electrons. The van der Waals surface area contributed by atoms with Crippen LogP contribution in [0.2, 0.25) is 0 Å². The Morgan fingerprint density at radius 3 is 2.63 bits per heavy atom. The number of benzene rings is 2. The molecule has 0 saturated carbocycles. The van der Waals surface area contributed by atoms with Crippen LogP contribution < -0.4 is 9.47 Å². The molecule has 6 rings (SSSR count). The normalized spacial score (nSPS) is 17.7. The topological polar surface area (TPSA) is 98.9 Å². The largest absolute Gasteiger partial charge is 0.490 e. The molecule has 2 aliphatic heterocycles. The van der Waals surface area contributed by atoms with E-state index in [4.69, 9.17) is 19.2 Å². The number of ether oxygens (including phenoxy) is 3. The van der Waals surface area contributed by atoms with Gasteiger partial charge in [0.15, 0.2) is 0 Å². The Labute approximate surface area is 245 Å². The zero-order chi connectivity index (χ0) is 29.9. The van der Waals surface area contributed by atoms with Gasteiger partial charge in [0, 0.05) is 32.0 Å². The molecular weight excluding hydrogens is 565 g/mol. The molecule has 1 atom stereocenters. The minimum absolute atomic E-state index is 0.0183. The van der Waals surface area contributed by atoms with Crippen molar-refractivity contribution in [2.24, 2.45) is 0 Å². The van der Waals surface area contributed by atoms with Crippen molar-refractivity contribution < 1.29 is 37.3 Å². The molecule has 0 bridgehead atoms. The number of likely N-dealkylation sites (tertiary alicyclic amines) is 1. The molecule has 12 heteroatoms. The van der Waals surface area contributed by atoms with Crippen LogP contribution in [0.4, 0.5) is 13.2 Å². The van der Waals surface area contributed by atoms with Crippen LogP contribution >= 0.6 is 0 Å². The summed E-state index contributed by atoms with van der Waals surface area (Å²) in [7, 11) is 0. The average molecular weight is 597 g/mol. The van der Waals surface area contributed by atoms with E-state index in [1.807, 2.05) is 0 Å². The number of carbonyl (C=O) groups is 1. The molecule has 2 aromatic carbocycles. The van der Waals surface area contributed by atoms with Crippen molar-refractivity contribution >= 4 is 17.0 Å². The number of carboxylic acid groups (broad SMARTS) is 1. The summed E-state index contributed by atoms with van der Waals surface area (Å²) in [4.78, 5) is 23.0. The molecule has 0 aliphatic carbocycles. The molecule has 0 spiro atoms. The maximum absolute atomic E-state index is 13.4. The van der Waals surface area contributed by atoms with Gasteiger partial charge in [-0.25, -0.2) is 22.9 Å². The standard InChI is InChI=1S/C31H31F3N4O5/c32-20-2-4-28(25(14-20)30(33)34)42-18-21-15-23(5-9-35-21)43-22-6-10-37(11-7-22)17-29-36-26-3-1-19(31(39)40)13-27(26)38(29)16-24-8-12-41-24/h1-5,9,13-15,22,24,30H,6-8,10-12,16-18H2,(H,39,40). The summed E-state index contributed by atoms with van der Waals surface area (Å²) in [6, 6.07) is 11.5. The summed E-state index contributed by atoms with van der Waals surface area (Å²) in [5.74, 6) is -0.328. The number of rotatable bonds is 11. The van der Waals surface area contributed by atoms with E-state index in [0.717, 1.165) is 67.9 Å². The lowest BCUT2D eigenvalue weighted by Crippen LogP contribution is -2.39. The number of hydrogen-bond donors (Lipinski definition) is 1. The van der Waals surface area contributed by atoms with Gasteiger partial charge in [0.05, 0.1) is 47.0 Å². The first-order valence-corrected chi connectivity index (χ1v) is 14.2. The van der Waals surface area contributed by atoms with Crippen LogP contribution in [-0.2, 0) is 24.4 Å². The predicted molar refractivity (Wildman–Crippen MR) is 150 cm³/mol. The number of carboxylic acids is 1. The van der Waals surface area contributed by atoms with Crippen LogP contribution in [-0.4, -0.2) is 62.4 Å². The van der Waals surface area contributed by atoms with Crippen molar-refractivity contribution in [2.45, 2.75) is 57.6 Å². The van der Waals surface area contributed by atoms with Gasteiger partial charge in [-0.05, 0) is 61.7 Å². The first kappa shape index (κ1) is 28.9. The maximum Gasteiger partial charge on any atom is 0.335 e. The zero-order valence-corrected chi connectivity index (χ0v) is 23.3. The molecule has 0 amide bonds. The predicted octanol–water partition coefficient (Wildman–Crippen LogP) is 5.62. The molecule has 2 saturated heterocycles. The zero-order valence-electron chi connectivity index (χ0n) is 23.3. The van der Waals surface area contributed by atoms with Crippen LogP contribution in [0.3, 0.4) is 0 Å². The lowest BCUT2D eigenvalue weighted by molar-refractivity contribution is -0.0592. The average Bonchev–Trinajstić information content (AvgIpc) is 3.31. The van der Waals surface area contributed by atoms with E-state index in [1.165, 1.54) is 6.07 Å². The summed E-state index contributed by atoms with van der Waals surface area (Å²) in [6.07, 6.45) is 1.34. The van der Waals surface area contributed by atoms with Crippen molar-refractivity contribution in [3.63, 3.8) is 0 Å². The fraction of sp³-hybridized carbons (Fsp3) is 0.387. The van der Waals surface area contributed by atoms with Crippen LogP contribution in [0, 0.1) is 5.82 Å². The van der Waals surface area contributed by atoms with Crippen LogP contribution in [0.25, 0.3) is 11.0 Å². The van der Waals surface area contributed by atoms with Gasteiger partial charge in [-0.3, -0.25) is 9.88 Å². The number of nitrogens with zero attached hydrogens (tertiary/aromatic N) is 4. The minimum atomic E-state index is -2.86. The highest BCUT2D eigenvalue weighted by atomic mass is 19.3. The molecule has 9 nitrogen and oxygen atoms in total. The Morgan fingerprint density at radius 1 is 1.09 bits per heavy atom. The molecular formula is C31H31F3N4O5. The van der Waals surface area contributed by atoms with Crippen molar-refractivity contribution in [2.75, 3.05) is 19.7 Å². The molecule has 43 heavy (non-hydrogen) atoms. The van der Waals surface area contributed by atoms with E-state index in [2.05, 4.69) is 14.5 Å². The Hall–Kier alpha value is -4.16. The van der Waals surface area contributed by atoms with Gasteiger partial charge in [0.25, 0.3) is 6.43 Å². The Balaban J connectivity index is 1.06. The van der Waals surface area contributed by atoms with Crippen LogP contribution in [0.1, 0.15) is 53.1 Å². The third-order valence-corrected chi connectivity index (χ3v) is 7.83.